The molecule has 17 heavy (non-hydrogen) atoms. The Hall–Kier alpha value is -2.34. The monoisotopic (exact) mass is 224 g/mol. The van der Waals surface area contributed by atoms with Gasteiger partial charge in [0.05, 0.1) is 0 Å². The zero-order valence-electron chi connectivity index (χ0n) is 9.77. The second-order valence-electron chi connectivity index (χ2n) is 3.84. The van der Waals surface area contributed by atoms with Crippen LogP contribution < -0.4 is 4.74 Å². The van der Waals surface area contributed by atoms with Crippen molar-refractivity contribution < 1.29 is 4.74 Å². The first-order valence-corrected chi connectivity index (χ1v) is 5.31. The molecule has 0 N–H and O–H groups in total. The first kappa shape index (κ1) is 11.2. The molecule has 0 saturated carbocycles. The largest absolute Gasteiger partial charge is 0.438 e. The number of hydrogen-bond donors (Lipinski definition) is 0. The van der Waals surface area contributed by atoms with Gasteiger partial charge in [0.15, 0.2) is 0 Å². The van der Waals surface area contributed by atoms with Gasteiger partial charge in [-0.15, -0.1) is 0 Å². The highest BCUT2D eigenvalue weighted by atomic mass is 16.5. The normalized spacial score (nSPS) is 9.71. The van der Waals surface area contributed by atoms with E-state index in [-0.39, 0.29) is 0 Å². The van der Waals surface area contributed by atoms with Crippen LogP contribution in [-0.4, -0.2) is 4.98 Å². The van der Waals surface area contributed by atoms with E-state index in [0.717, 1.165) is 11.1 Å². The van der Waals surface area contributed by atoms with Crippen molar-refractivity contribution in [1.29, 1.82) is 5.26 Å². The number of pyridine rings is 1. The maximum Gasteiger partial charge on any atom is 0.237 e. The second kappa shape index (κ2) is 4.67. The van der Waals surface area contributed by atoms with E-state index in [2.05, 4.69) is 11.1 Å². The number of ether oxygens (including phenoxy) is 1. The average Bonchev–Trinajstić information content (AvgIpc) is 2.29. The number of hydrogen-bond acceptors (Lipinski definition) is 3. The highest BCUT2D eigenvalue weighted by molar-refractivity contribution is 5.45. The minimum absolute atomic E-state index is 0.359. The molecule has 2 rings (SSSR count). The quantitative estimate of drug-likeness (QED) is 0.785. The molecule has 3 heteroatoms. The second-order valence-corrected chi connectivity index (χ2v) is 3.84. The van der Waals surface area contributed by atoms with Crippen molar-refractivity contribution in [1.82, 2.24) is 4.98 Å². The number of benzene rings is 1. The van der Waals surface area contributed by atoms with Crippen LogP contribution in [0.2, 0.25) is 0 Å². The first-order valence-electron chi connectivity index (χ1n) is 5.31. The third kappa shape index (κ3) is 2.43. The van der Waals surface area contributed by atoms with Gasteiger partial charge in [0.25, 0.3) is 0 Å². The summed E-state index contributed by atoms with van der Waals surface area (Å²) in [5.41, 5.74) is 2.45. The standard InChI is InChI=1S/C14H12N2O/c1-10-4-3-5-12(8-10)17-14-13(9-15)11(2)6-7-16-14/h3-8H,1-2H3. The van der Waals surface area contributed by atoms with Gasteiger partial charge in [-0.05, 0) is 43.2 Å². The van der Waals surface area contributed by atoms with Gasteiger partial charge in [0.1, 0.15) is 17.4 Å². The molecule has 0 radical (unpaired) electrons. The molecule has 0 spiro atoms. The fourth-order valence-corrected chi connectivity index (χ4v) is 1.54. The number of nitriles is 1. The Morgan fingerprint density at radius 1 is 1.24 bits per heavy atom. The smallest absolute Gasteiger partial charge is 0.237 e. The third-order valence-corrected chi connectivity index (χ3v) is 2.44. The Kier molecular flexibility index (Phi) is 3.06. The van der Waals surface area contributed by atoms with Crippen molar-refractivity contribution in [2.24, 2.45) is 0 Å². The van der Waals surface area contributed by atoms with Gasteiger partial charge in [-0.3, -0.25) is 0 Å². The summed E-state index contributed by atoms with van der Waals surface area (Å²) in [6, 6.07) is 11.6. The van der Waals surface area contributed by atoms with E-state index < -0.39 is 0 Å². The molecule has 1 aromatic heterocycles. The summed E-state index contributed by atoms with van der Waals surface area (Å²) >= 11 is 0. The summed E-state index contributed by atoms with van der Waals surface area (Å²) in [5, 5.41) is 9.06. The third-order valence-electron chi connectivity index (χ3n) is 2.44. The van der Waals surface area contributed by atoms with Crippen LogP contribution in [0, 0.1) is 25.2 Å². The average molecular weight is 224 g/mol. The van der Waals surface area contributed by atoms with Crippen molar-refractivity contribution in [3.8, 4) is 17.7 Å². The highest BCUT2D eigenvalue weighted by Gasteiger charge is 2.08. The van der Waals surface area contributed by atoms with Gasteiger partial charge < -0.3 is 4.74 Å². The van der Waals surface area contributed by atoms with Crippen molar-refractivity contribution in [2.75, 3.05) is 0 Å². The number of rotatable bonds is 2. The van der Waals surface area contributed by atoms with Crippen molar-refractivity contribution >= 4 is 0 Å². The zero-order chi connectivity index (χ0) is 12.3. The zero-order valence-corrected chi connectivity index (χ0v) is 9.77. The van der Waals surface area contributed by atoms with E-state index in [1.165, 1.54) is 0 Å². The summed E-state index contributed by atoms with van der Waals surface area (Å²) in [7, 11) is 0. The van der Waals surface area contributed by atoms with Gasteiger partial charge in [-0.1, -0.05) is 12.1 Å². The lowest BCUT2D eigenvalue weighted by molar-refractivity contribution is 0.460. The van der Waals surface area contributed by atoms with Gasteiger partial charge in [0.2, 0.25) is 5.88 Å². The lowest BCUT2D eigenvalue weighted by atomic mass is 10.2. The molecule has 0 aliphatic heterocycles. The van der Waals surface area contributed by atoms with Crippen LogP contribution in [0.25, 0.3) is 0 Å². The molecule has 0 aliphatic rings. The Bertz CT molecular complexity index is 585. The fourth-order valence-electron chi connectivity index (χ4n) is 1.54. The maximum atomic E-state index is 9.06. The molecule has 1 aromatic carbocycles. The predicted molar refractivity (Wildman–Crippen MR) is 64.9 cm³/mol. The van der Waals surface area contributed by atoms with E-state index in [9.17, 15) is 0 Å². The Morgan fingerprint density at radius 3 is 2.76 bits per heavy atom. The number of nitrogens with zero attached hydrogens (tertiary/aromatic N) is 2. The lowest BCUT2D eigenvalue weighted by Crippen LogP contribution is -1.94. The van der Waals surface area contributed by atoms with Crippen LogP contribution in [0.4, 0.5) is 0 Å². The topological polar surface area (TPSA) is 45.9 Å². The molecule has 2 aromatic rings. The molecular formula is C14H12N2O. The van der Waals surface area contributed by atoms with Gasteiger partial charge >= 0.3 is 0 Å². The SMILES string of the molecule is Cc1cccc(Oc2nccc(C)c2C#N)c1. The first-order chi connectivity index (χ1) is 8.20. The maximum absolute atomic E-state index is 9.06. The molecule has 0 amide bonds. The molecule has 1 heterocycles. The molecule has 84 valence electrons. The molecule has 0 atom stereocenters. The van der Waals surface area contributed by atoms with E-state index in [1.807, 2.05) is 38.1 Å². The lowest BCUT2D eigenvalue weighted by Gasteiger charge is -2.07. The van der Waals surface area contributed by atoms with Crippen LogP contribution in [-0.2, 0) is 0 Å². The number of aromatic nitrogens is 1. The van der Waals surface area contributed by atoms with Crippen molar-refractivity contribution in [2.45, 2.75) is 13.8 Å². The van der Waals surface area contributed by atoms with Crippen molar-refractivity contribution in [3.05, 3.63) is 53.2 Å². The number of aryl methyl sites for hydroxylation is 2. The minimum Gasteiger partial charge on any atom is -0.438 e. The van der Waals surface area contributed by atoms with E-state index >= 15 is 0 Å². The molecule has 0 saturated heterocycles. The van der Waals surface area contributed by atoms with Crippen LogP contribution in [0.1, 0.15) is 16.7 Å². The van der Waals surface area contributed by atoms with Crippen LogP contribution in [0.3, 0.4) is 0 Å². The van der Waals surface area contributed by atoms with Gasteiger partial charge in [-0.2, -0.15) is 5.26 Å². The summed E-state index contributed by atoms with van der Waals surface area (Å²) in [5.74, 6) is 1.05. The van der Waals surface area contributed by atoms with Gasteiger partial charge in [0, 0.05) is 6.20 Å². The predicted octanol–water partition coefficient (Wildman–Crippen LogP) is 3.36. The van der Waals surface area contributed by atoms with Crippen molar-refractivity contribution in [3.63, 3.8) is 0 Å². The van der Waals surface area contributed by atoms with Crippen LogP contribution in [0.5, 0.6) is 11.6 Å². The van der Waals surface area contributed by atoms with Crippen LogP contribution >= 0.6 is 0 Å². The Labute approximate surface area is 100 Å². The molecule has 0 fully saturated rings. The van der Waals surface area contributed by atoms with E-state index in [4.69, 9.17) is 10.00 Å². The van der Waals surface area contributed by atoms with Gasteiger partial charge in [-0.25, -0.2) is 4.98 Å². The molecule has 0 unspecified atom stereocenters. The fraction of sp³-hybridized carbons (Fsp3) is 0.143. The highest BCUT2D eigenvalue weighted by Crippen LogP contribution is 2.24. The summed E-state index contributed by atoms with van der Waals surface area (Å²) in [6.07, 6.45) is 1.64. The molecular weight excluding hydrogens is 212 g/mol. The van der Waals surface area contributed by atoms with Crippen LogP contribution in [0.15, 0.2) is 36.5 Å². The Morgan fingerprint density at radius 2 is 2.06 bits per heavy atom. The van der Waals surface area contributed by atoms with E-state index in [1.54, 1.807) is 12.3 Å². The summed E-state index contributed by atoms with van der Waals surface area (Å²) < 4.78 is 5.63. The molecule has 0 aliphatic carbocycles. The Balaban J connectivity index is 2.37. The summed E-state index contributed by atoms with van der Waals surface area (Å²) in [4.78, 5) is 4.09. The van der Waals surface area contributed by atoms with E-state index in [0.29, 0.717) is 17.2 Å². The molecule has 3 nitrogen and oxygen atoms in total. The molecule has 0 bridgehead atoms. The summed E-state index contributed by atoms with van der Waals surface area (Å²) in [6.45, 7) is 3.85. The minimum atomic E-state index is 0.359.